The Labute approximate surface area is 100 Å². The van der Waals surface area contributed by atoms with Crippen molar-refractivity contribution >= 4 is 11.7 Å². The van der Waals surface area contributed by atoms with Crippen LogP contribution in [0.2, 0.25) is 0 Å². The first-order valence-electron chi connectivity index (χ1n) is 5.38. The highest BCUT2D eigenvalue weighted by Gasteiger charge is 2.11. The first kappa shape index (κ1) is 11.3. The van der Waals surface area contributed by atoms with Gasteiger partial charge < -0.3 is 4.74 Å². The average molecular weight is 227 g/mol. The SMILES string of the molecule is COC1=NC=CC(C(=O)c2ccccc2)=CC1. The van der Waals surface area contributed by atoms with E-state index >= 15 is 0 Å². The highest BCUT2D eigenvalue weighted by molar-refractivity contribution is 6.10. The summed E-state index contributed by atoms with van der Waals surface area (Å²) in [5.41, 5.74) is 1.33. The van der Waals surface area contributed by atoms with Crippen molar-refractivity contribution in [3.63, 3.8) is 0 Å². The normalized spacial score (nSPS) is 14.6. The van der Waals surface area contributed by atoms with Gasteiger partial charge in [-0.25, -0.2) is 4.99 Å². The lowest BCUT2D eigenvalue weighted by Crippen LogP contribution is -2.02. The van der Waals surface area contributed by atoms with E-state index in [2.05, 4.69) is 4.99 Å². The van der Waals surface area contributed by atoms with E-state index in [4.69, 9.17) is 4.74 Å². The van der Waals surface area contributed by atoms with Gasteiger partial charge in [0.25, 0.3) is 0 Å². The molecule has 0 fully saturated rings. The molecule has 3 nitrogen and oxygen atoms in total. The van der Waals surface area contributed by atoms with Crippen molar-refractivity contribution in [2.45, 2.75) is 6.42 Å². The van der Waals surface area contributed by atoms with Crippen LogP contribution < -0.4 is 0 Å². The Bertz CT molecular complexity index is 498. The summed E-state index contributed by atoms with van der Waals surface area (Å²) in [6.07, 6.45) is 5.68. The summed E-state index contributed by atoms with van der Waals surface area (Å²) in [6.45, 7) is 0. The molecule has 1 heterocycles. The quantitative estimate of drug-likeness (QED) is 0.729. The number of allylic oxidation sites excluding steroid dienone is 2. The number of Topliss-reactive ketones (excluding diaryl/α,β-unsaturated/α-hetero) is 1. The molecule has 3 heteroatoms. The fourth-order valence-corrected chi connectivity index (χ4v) is 1.58. The molecule has 0 radical (unpaired) electrons. The largest absolute Gasteiger partial charge is 0.484 e. The number of ketones is 1. The van der Waals surface area contributed by atoms with Gasteiger partial charge in [0, 0.05) is 23.8 Å². The van der Waals surface area contributed by atoms with E-state index in [1.165, 1.54) is 0 Å². The van der Waals surface area contributed by atoms with E-state index in [9.17, 15) is 4.79 Å². The summed E-state index contributed by atoms with van der Waals surface area (Å²) >= 11 is 0. The van der Waals surface area contributed by atoms with Gasteiger partial charge in [-0.15, -0.1) is 0 Å². The molecular formula is C14H13NO2. The van der Waals surface area contributed by atoms with Crippen molar-refractivity contribution in [2.75, 3.05) is 7.11 Å². The molecule has 86 valence electrons. The lowest BCUT2D eigenvalue weighted by atomic mass is 10.0. The van der Waals surface area contributed by atoms with E-state index in [1.54, 1.807) is 31.5 Å². The van der Waals surface area contributed by atoms with Crippen LogP contribution in [0.1, 0.15) is 16.8 Å². The fourth-order valence-electron chi connectivity index (χ4n) is 1.58. The van der Waals surface area contributed by atoms with Crippen LogP contribution in [-0.4, -0.2) is 18.8 Å². The van der Waals surface area contributed by atoms with Gasteiger partial charge in [-0.2, -0.15) is 0 Å². The first-order chi connectivity index (χ1) is 8.31. The number of rotatable bonds is 2. The minimum absolute atomic E-state index is 0.00871. The molecule has 17 heavy (non-hydrogen) atoms. The van der Waals surface area contributed by atoms with Crippen LogP contribution in [0, 0.1) is 0 Å². The molecule has 0 aliphatic carbocycles. The summed E-state index contributed by atoms with van der Waals surface area (Å²) in [7, 11) is 1.57. The fraction of sp³-hybridized carbons (Fsp3) is 0.143. The van der Waals surface area contributed by atoms with Gasteiger partial charge in [0.2, 0.25) is 0 Å². The number of methoxy groups -OCH3 is 1. The summed E-state index contributed by atoms with van der Waals surface area (Å²) in [6, 6.07) is 9.21. The molecule has 1 aliphatic heterocycles. The third-order valence-electron chi connectivity index (χ3n) is 2.50. The Morgan fingerprint density at radius 1 is 1.29 bits per heavy atom. The number of hydrogen-bond acceptors (Lipinski definition) is 3. The summed E-state index contributed by atoms with van der Waals surface area (Å²) in [5, 5.41) is 0. The number of nitrogens with zero attached hydrogens (tertiary/aromatic N) is 1. The van der Waals surface area contributed by atoms with Crippen molar-refractivity contribution in [1.82, 2.24) is 0 Å². The van der Waals surface area contributed by atoms with Crippen LogP contribution in [0.25, 0.3) is 0 Å². The summed E-state index contributed by atoms with van der Waals surface area (Å²) in [5.74, 6) is 0.617. The molecule has 1 aromatic carbocycles. The van der Waals surface area contributed by atoms with Crippen molar-refractivity contribution in [3.05, 3.63) is 59.8 Å². The van der Waals surface area contributed by atoms with Crippen LogP contribution >= 0.6 is 0 Å². The topological polar surface area (TPSA) is 38.7 Å². The minimum Gasteiger partial charge on any atom is -0.484 e. The van der Waals surface area contributed by atoms with Gasteiger partial charge in [0.15, 0.2) is 11.7 Å². The lowest BCUT2D eigenvalue weighted by Gasteiger charge is -2.01. The number of carbonyl (C=O) groups excluding carboxylic acids is 1. The van der Waals surface area contributed by atoms with Gasteiger partial charge in [-0.05, 0) is 6.08 Å². The highest BCUT2D eigenvalue weighted by Crippen LogP contribution is 2.13. The number of carbonyl (C=O) groups is 1. The molecule has 0 bridgehead atoms. The zero-order valence-electron chi connectivity index (χ0n) is 9.59. The highest BCUT2D eigenvalue weighted by atomic mass is 16.5. The van der Waals surface area contributed by atoms with Crippen LogP contribution in [-0.2, 0) is 4.74 Å². The molecule has 0 unspecified atom stereocenters. The van der Waals surface area contributed by atoms with E-state index < -0.39 is 0 Å². The third-order valence-corrected chi connectivity index (χ3v) is 2.50. The second-order valence-corrected chi connectivity index (χ2v) is 3.60. The Kier molecular flexibility index (Phi) is 3.50. The Morgan fingerprint density at radius 2 is 2.06 bits per heavy atom. The molecule has 1 aromatic rings. The number of ether oxygens (including phenoxy) is 1. The van der Waals surface area contributed by atoms with Gasteiger partial charge in [0.1, 0.15) is 0 Å². The molecule has 0 atom stereocenters. The second-order valence-electron chi connectivity index (χ2n) is 3.60. The number of aliphatic imine (C=N–C) groups is 1. The van der Waals surface area contributed by atoms with Crippen LogP contribution in [0.15, 0.2) is 59.2 Å². The molecule has 0 aromatic heterocycles. The Hall–Kier alpha value is -2.16. The zero-order valence-corrected chi connectivity index (χ0v) is 9.59. The van der Waals surface area contributed by atoms with Crippen molar-refractivity contribution in [3.8, 4) is 0 Å². The first-order valence-corrected chi connectivity index (χ1v) is 5.38. The average Bonchev–Trinajstić information content (AvgIpc) is 2.64. The zero-order chi connectivity index (χ0) is 12.1. The Balaban J connectivity index is 2.20. The van der Waals surface area contributed by atoms with Crippen molar-refractivity contribution in [2.24, 2.45) is 4.99 Å². The van der Waals surface area contributed by atoms with Crippen molar-refractivity contribution < 1.29 is 9.53 Å². The molecule has 0 amide bonds. The molecular weight excluding hydrogens is 214 g/mol. The number of hydrogen-bond donors (Lipinski definition) is 0. The lowest BCUT2D eigenvalue weighted by molar-refractivity contribution is 0.103. The number of benzene rings is 1. The van der Waals surface area contributed by atoms with E-state index in [1.807, 2.05) is 24.3 Å². The van der Waals surface area contributed by atoms with Gasteiger partial charge in [0.05, 0.1) is 7.11 Å². The molecule has 0 saturated carbocycles. The molecule has 0 saturated heterocycles. The predicted molar refractivity (Wildman–Crippen MR) is 67.1 cm³/mol. The summed E-state index contributed by atoms with van der Waals surface area (Å²) in [4.78, 5) is 16.2. The van der Waals surface area contributed by atoms with Gasteiger partial charge in [-0.1, -0.05) is 36.4 Å². The maximum Gasteiger partial charge on any atom is 0.192 e. The molecule has 2 rings (SSSR count). The maximum absolute atomic E-state index is 12.1. The van der Waals surface area contributed by atoms with Crippen LogP contribution in [0.5, 0.6) is 0 Å². The predicted octanol–water partition coefficient (Wildman–Crippen LogP) is 2.76. The van der Waals surface area contributed by atoms with E-state index in [0.29, 0.717) is 23.5 Å². The van der Waals surface area contributed by atoms with Crippen LogP contribution in [0.3, 0.4) is 0 Å². The van der Waals surface area contributed by atoms with Crippen molar-refractivity contribution in [1.29, 1.82) is 0 Å². The minimum atomic E-state index is 0.00871. The maximum atomic E-state index is 12.1. The summed E-state index contributed by atoms with van der Waals surface area (Å²) < 4.78 is 5.05. The van der Waals surface area contributed by atoms with Gasteiger partial charge in [-0.3, -0.25) is 4.79 Å². The van der Waals surface area contributed by atoms with Gasteiger partial charge >= 0.3 is 0 Å². The smallest absolute Gasteiger partial charge is 0.192 e. The molecule has 0 N–H and O–H groups in total. The third kappa shape index (κ3) is 2.69. The monoisotopic (exact) mass is 227 g/mol. The van der Waals surface area contributed by atoms with Crippen LogP contribution in [0.4, 0.5) is 0 Å². The van der Waals surface area contributed by atoms with E-state index in [-0.39, 0.29) is 5.78 Å². The second kappa shape index (κ2) is 5.25. The van der Waals surface area contributed by atoms with E-state index in [0.717, 1.165) is 0 Å². The Morgan fingerprint density at radius 3 is 2.76 bits per heavy atom. The standard InChI is InChI=1S/C14H13NO2/c1-17-13-8-7-12(9-10-15-13)14(16)11-5-3-2-4-6-11/h2-7,9-10H,8H2,1H3. The molecule has 1 aliphatic rings. The molecule has 0 spiro atoms.